The first-order chi connectivity index (χ1) is 9.87. The van der Waals surface area contributed by atoms with Gasteiger partial charge in [0.1, 0.15) is 0 Å². The molecule has 8 heteroatoms. The number of hydrogen-bond acceptors (Lipinski definition) is 5. The zero-order valence-electron chi connectivity index (χ0n) is 12.5. The largest absolute Gasteiger partial charge is 0.359 e. The molecule has 0 saturated heterocycles. The van der Waals surface area contributed by atoms with Crippen LogP contribution in [0.2, 0.25) is 0 Å². The molecule has 1 aromatic rings. The highest BCUT2D eigenvalue weighted by atomic mass is 35.5. The molecule has 6 nitrogen and oxygen atoms in total. The summed E-state index contributed by atoms with van der Waals surface area (Å²) in [7, 11) is -3.30. The maximum atomic E-state index is 12.2. The number of ketones is 1. The molecule has 0 aromatic heterocycles. The molecule has 0 aliphatic carbocycles. The van der Waals surface area contributed by atoms with E-state index in [1.165, 1.54) is 0 Å². The van der Waals surface area contributed by atoms with E-state index in [1.54, 1.807) is 24.3 Å². The molecule has 0 saturated carbocycles. The van der Waals surface area contributed by atoms with Gasteiger partial charge in [-0.1, -0.05) is 0 Å². The summed E-state index contributed by atoms with van der Waals surface area (Å²) < 4.78 is 24.6. The zero-order valence-corrected chi connectivity index (χ0v) is 14.2. The molecule has 0 unspecified atom stereocenters. The molecular weight excluding hydrogens is 326 g/mol. The summed E-state index contributed by atoms with van der Waals surface area (Å²) in [4.78, 5) is 16.2. The van der Waals surface area contributed by atoms with Crippen molar-refractivity contribution in [1.82, 2.24) is 9.80 Å². The van der Waals surface area contributed by atoms with Gasteiger partial charge in [-0.3, -0.25) is 9.52 Å². The molecule has 0 spiro atoms. The SMILES string of the molecule is CCN1C=CN(CC(=O)c2ccc(NS(C)(=O)=O)cc2)C1.Cl. The van der Waals surface area contributed by atoms with Crippen LogP contribution in [0.5, 0.6) is 0 Å². The summed E-state index contributed by atoms with van der Waals surface area (Å²) in [5.41, 5.74) is 1.02. The standard InChI is InChI=1S/C14H19N3O3S.ClH/c1-3-16-8-9-17(11-16)10-14(18)12-4-6-13(7-5-12)15-21(2,19)20;/h4-9,15H,3,10-11H2,1-2H3;1H. The first kappa shape index (κ1) is 18.3. The predicted molar refractivity (Wildman–Crippen MR) is 89.6 cm³/mol. The van der Waals surface area contributed by atoms with E-state index < -0.39 is 10.0 Å². The van der Waals surface area contributed by atoms with Crippen LogP contribution < -0.4 is 4.72 Å². The second kappa shape index (κ2) is 7.51. The Morgan fingerprint density at radius 3 is 2.27 bits per heavy atom. The van der Waals surface area contributed by atoms with E-state index in [0.717, 1.165) is 19.5 Å². The second-order valence-corrected chi connectivity index (χ2v) is 6.71. The Balaban J connectivity index is 0.00000242. The van der Waals surface area contributed by atoms with Crippen molar-refractivity contribution in [3.05, 3.63) is 42.2 Å². The molecule has 2 rings (SSSR count). The van der Waals surface area contributed by atoms with Crippen molar-refractivity contribution in [2.24, 2.45) is 0 Å². The third kappa shape index (κ3) is 5.23. The van der Waals surface area contributed by atoms with Crippen molar-refractivity contribution in [3.63, 3.8) is 0 Å². The molecule has 1 N–H and O–H groups in total. The summed E-state index contributed by atoms with van der Waals surface area (Å²) in [6.07, 6.45) is 4.96. The molecule has 1 aliphatic rings. The number of nitrogens with one attached hydrogen (secondary N) is 1. The van der Waals surface area contributed by atoms with Crippen LogP contribution in [0.3, 0.4) is 0 Å². The summed E-state index contributed by atoms with van der Waals surface area (Å²) in [5.74, 6) is 0.00325. The number of carbonyl (C=O) groups excluding carboxylic acids is 1. The summed E-state index contributed by atoms with van der Waals surface area (Å²) >= 11 is 0. The number of sulfonamides is 1. The van der Waals surface area contributed by atoms with Gasteiger partial charge in [-0.05, 0) is 31.2 Å². The lowest BCUT2D eigenvalue weighted by molar-refractivity contribution is 0.0946. The minimum atomic E-state index is -3.30. The van der Waals surface area contributed by atoms with Crippen LogP contribution in [0.1, 0.15) is 17.3 Å². The quantitative estimate of drug-likeness (QED) is 0.795. The minimum Gasteiger partial charge on any atom is -0.359 e. The fraction of sp³-hybridized carbons (Fsp3) is 0.357. The molecule has 0 atom stereocenters. The Hall–Kier alpha value is -1.73. The van der Waals surface area contributed by atoms with Crippen LogP contribution in [0.25, 0.3) is 0 Å². The van der Waals surface area contributed by atoms with Crippen molar-refractivity contribution in [2.45, 2.75) is 6.92 Å². The third-order valence-electron chi connectivity index (χ3n) is 3.11. The Morgan fingerprint density at radius 2 is 1.77 bits per heavy atom. The van der Waals surface area contributed by atoms with Gasteiger partial charge in [0.2, 0.25) is 10.0 Å². The first-order valence-electron chi connectivity index (χ1n) is 6.65. The van der Waals surface area contributed by atoms with Gasteiger partial charge in [0.15, 0.2) is 5.78 Å². The number of carbonyl (C=O) groups is 1. The Kier molecular flexibility index (Phi) is 6.25. The van der Waals surface area contributed by atoms with Crippen molar-refractivity contribution in [2.75, 3.05) is 30.7 Å². The molecule has 1 heterocycles. The van der Waals surface area contributed by atoms with Gasteiger partial charge in [-0.2, -0.15) is 0 Å². The highest BCUT2D eigenvalue weighted by Gasteiger charge is 2.15. The Bertz CT molecular complexity index is 644. The fourth-order valence-electron chi connectivity index (χ4n) is 2.04. The lowest BCUT2D eigenvalue weighted by Gasteiger charge is -2.19. The number of rotatable bonds is 6. The average molecular weight is 346 g/mol. The van der Waals surface area contributed by atoms with E-state index in [4.69, 9.17) is 0 Å². The molecule has 1 aliphatic heterocycles. The van der Waals surface area contributed by atoms with E-state index in [2.05, 4.69) is 16.5 Å². The van der Waals surface area contributed by atoms with Crippen molar-refractivity contribution in [3.8, 4) is 0 Å². The second-order valence-electron chi connectivity index (χ2n) is 4.97. The summed E-state index contributed by atoms with van der Waals surface area (Å²) in [6, 6.07) is 6.44. The van der Waals surface area contributed by atoms with E-state index in [-0.39, 0.29) is 18.2 Å². The van der Waals surface area contributed by atoms with E-state index >= 15 is 0 Å². The highest BCUT2D eigenvalue weighted by molar-refractivity contribution is 7.92. The normalized spacial score (nSPS) is 13.9. The van der Waals surface area contributed by atoms with Crippen molar-refractivity contribution < 1.29 is 13.2 Å². The van der Waals surface area contributed by atoms with E-state index in [0.29, 0.717) is 17.8 Å². The molecule has 0 radical (unpaired) electrons. The summed E-state index contributed by atoms with van der Waals surface area (Å²) in [5, 5.41) is 0. The van der Waals surface area contributed by atoms with Gasteiger partial charge in [0.05, 0.1) is 19.5 Å². The molecule has 122 valence electrons. The minimum absolute atomic E-state index is 0. The molecule has 0 amide bonds. The fourth-order valence-corrected chi connectivity index (χ4v) is 2.60. The number of anilines is 1. The predicted octanol–water partition coefficient (Wildman–Crippen LogP) is 1.73. The molecular formula is C14H20ClN3O3S. The summed E-state index contributed by atoms with van der Waals surface area (Å²) in [6.45, 7) is 4.00. The van der Waals surface area contributed by atoms with Crippen molar-refractivity contribution >= 4 is 33.9 Å². The van der Waals surface area contributed by atoms with Crippen LogP contribution in [0, 0.1) is 0 Å². The Morgan fingerprint density at radius 1 is 1.18 bits per heavy atom. The molecule has 22 heavy (non-hydrogen) atoms. The van der Waals surface area contributed by atoms with E-state index in [1.807, 2.05) is 17.3 Å². The lowest BCUT2D eigenvalue weighted by Crippen LogP contribution is -2.29. The maximum Gasteiger partial charge on any atom is 0.229 e. The smallest absolute Gasteiger partial charge is 0.229 e. The van der Waals surface area contributed by atoms with Crippen LogP contribution in [0.15, 0.2) is 36.7 Å². The number of hydrogen-bond donors (Lipinski definition) is 1. The monoisotopic (exact) mass is 345 g/mol. The van der Waals surface area contributed by atoms with Crippen LogP contribution in [0.4, 0.5) is 5.69 Å². The number of benzene rings is 1. The van der Waals surface area contributed by atoms with Gasteiger partial charge in [-0.15, -0.1) is 12.4 Å². The zero-order chi connectivity index (χ0) is 15.5. The molecule has 1 aromatic carbocycles. The average Bonchev–Trinajstić information content (AvgIpc) is 2.85. The van der Waals surface area contributed by atoms with Gasteiger partial charge >= 0.3 is 0 Å². The van der Waals surface area contributed by atoms with Gasteiger partial charge in [-0.25, -0.2) is 8.42 Å². The van der Waals surface area contributed by atoms with Gasteiger partial charge < -0.3 is 9.80 Å². The highest BCUT2D eigenvalue weighted by Crippen LogP contribution is 2.13. The number of Topliss-reactive ketones (excluding diaryl/α,β-unsaturated/α-hetero) is 1. The molecule has 0 fully saturated rings. The van der Waals surface area contributed by atoms with Gasteiger partial charge in [0, 0.05) is 30.2 Å². The maximum absolute atomic E-state index is 12.2. The lowest BCUT2D eigenvalue weighted by atomic mass is 10.1. The van der Waals surface area contributed by atoms with Crippen LogP contribution >= 0.6 is 12.4 Å². The van der Waals surface area contributed by atoms with Crippen molar-refractivity contribution in [1.29, 1.82) is 0 Å². The number of nitrogens with zero attached hydrogens (tertiary/aromatic N) is 2. The topological polar surface area (TPSA) is 69.7 Å². The van der Waals surface area contributed by atoms with Crippen LogP contribution in [-0.2, 0) is 10.0 Å². The molecule has 0 bridgehead atoms. The number of halogens is 1. The third-order valence-corrected chi connectivity index (χ3v) is 3.72. The van der Waals surface area contributed by atoms with E-state index in [9.17, 15) is 13.2 Å². The van der Waals surface area contributed by atoms with Gasteiger partial charge in [0.25, 0.3) is 0 Å². The Labute approximate surface area is 137 Å². The first-order valence-corrected chi connectivity index (χ1v) is 8.54. The van der Waals surface area contributed by atoms with Crippen LogP contribution in [-0.4, -0.2) is 50.0 Å².